The number of hydrogen-bond acceptors (Lipinski definition) is 6. The lowest BCUT2D eigenvalue weighted by molar-refractivity contribution is 0.128. The average Bonchev–Trinajstić information content (AvgIpc) is 2.40. The summed E-state index contributed by atoms with van der Waals surface area (Å²) in [6.45, 7) is 6.35. The van der Waals surface area contributed by atoms with Crippen LogP contribution in [0.15, 0.2) is 6.07 Å². The summed E-state index contributed by atoms with van der Waals surface area (Å²) in [7, 11) is 2.17. The van der Waals surface area contributed by atoms with E-state index in [4.69, 9.17) is 10.5 Å². The molecule has 0 bridgehead atoms. The Labute approximate surface area is 120 Å². The molecule has 2 atom stereocenters. The first-order valence-corrected chi connectivity index (χ1v) is 7.26. The number of nitrogens with one attached hydrogen (secondary N) is 1. The summed E-state index contributed by atoms with van der Waals surface area (Å²) in [5, 5.41) is 3.48. The number of rotatable bonds is 5. The first-order chi connectivity index (χ1) is 9.58. The van der Waals surface area contributed by atoms with E-state index in [9.17, 15) is 0 Å². The van der Waals surface area contributed by atoms with Crippen LogP contribution in [0.3, 0.4) is 0 Å². The Morgan fingerprint density at radius 3 is 3.00 bits per heavy atom. The molecule has 20 heavy (non-hydrogen) atoms. The van der Waals surface area contributed by atoms with Crippen molar-refractivity contribution in [2.75, 3.05) is 31.2 Å². The highest BCUT2D eigenvalue weighted by molar-refractivity contribution is 5.45. The molecule has 0 aliphatic carbocycles. The van der Waals surface area contributed by atoms with Gasteiger partial charge in [0.05, 0.1) is 0 Å². The highest BCUT2D eigenvalue weighted by atomic mass is 16.5. The second kappa shape index (κ2) is 6.85. The zero-order valence-corrected chi connectivity index (χ0v) is 12.6. The highest BCUT2D eigenvalue weighted by Gasteiger charge is 2.23. The number of nitrogen functional groups attached to an aromatic ring is 1. The van der Waals surface area contributed by atoms with Gasteiger partial charge in [-0.3, -0.25) is 0 Å². The molecule has 6 nitrogen and oxygen atoms in total. The summed E-state index contributed by atoms with van der Waals surface area (Å²) in [5.74, 6) is 1.92. The Morgan fingerprint density at radius 1 is 1.50 bits per heavy atom. The van der Waals surface area contributed by atoms with Crippen LogP contribution in [-0.2, 0) is 11.3 Å². The molecule has 2 unspecified atom stereocenters. The second-order valence-corrected chi connectivity index (χ2v) is 5.43. The van der Waals surface area contributed by atoms with E-state index in [2.05, 4.69) is 34.2 Å². The standard InChI is InChI=1S/C14H25N5O/c1-4-20-9-14-17-12(15)8-13(18-14)16-11-5-6-19(3)10(2)7-11/h8,10-11H,4-7,9H2,1-3H3,(H3,15,16,17,18). The van der Waals surface area contributed by atoms with Gasteiger partial charge >= 0.3 is 0 Å². The summed E-state index contributed by atoms with van der Waals surface area (Å²) in [6.07, 6.45) is 2.23. The zero-order valence-electron chi connectivity index (χ0n) is 12.6. The fourth-order valence-corrected chi connectivity index (χ4v) is 2.48. The summed E-state index contributed by atoms with van der Waals surface area (Å²) < 4.78 is 5.34. The van der Waals surface area contributed by atoms with Gasteiger partial charge in [-0.1, -0.05) is 0 Å². The minimum absolute atomic E-state index is 0.403. The molecule has 1 aliphatic rings. The van der Waals surface area contributed by atoms with Gasteiger partial charge in [-0.2, -0.15) is 0 Å². The largest absolute Gasteiger partial charge is 0.384 e. The van der Waals surface area contributed by atoms with Gasteiger partial charge in [-0.15, -0.1) is 0 Å². The van der Waals surface area contributed by atoms with Crippen molar-refractivity contribution in [1.29, 1.82) is 0 Å². The van der Waals surface area contributed by atoms with Crippen molar-refractivity contribution in [2.45, 2.75) is 45.4 Å². The van der Waals surface area contributed by atoms with Gasteiger partial charge in [0.25, 0.3) is 0 Å². The topological polar surface area (TPSA) is 76.3 Å². The van der Waals surface area contributed by atoms with E-state index in [1.54, 1.807) is 6.07 Å². The second-order valence-electron chi connectivity index (χ2n) is 5.43. The van der Waals surface area contributed by atoms with Gasteiger partial charge in [0.1, 0.15) is 18.2 Å². The van der Waals surface area contributed by atoms with E-state index < -0.39 is 0 Å². The van der Waals surface area contributed by atoms with Crippen LogP contribution in [0.5, 0.6) is 0 Å². The Hall–Kier alpha value is -1.40. The molecule has 3 N–H and O–H groups in total. The predicted molar refractivity (Wildman–Crippen MR) is 80.5 cm³/mol. The number of anilines is 2. The Balaban J connectivity index is 1.99. The molecule has 6 heteroatoms. The lowest BCUT2D eigenvalue weighted by Gasteiger charge is -2.35. The average molecular weight is 279 g/mol. The molecule has 0 spiro atoms. The van der Waals surface area contributed by atoms with E-state index in [1.165, 1.54) is 0 Å². The van der Waals surface area contributed by atoms with E-state index in [-0.39, 0.29) is 0 Å². The van der Waals surface area contributed by atoms with Gasteiger partial charge in [0, 0.05) is 31.3 Å². The van der Waals surface area contributed by atoms with Crippen molar-refractivity contribution in [2.24, 2.45) is 0 Å². The highest BCUT2D eigenvalue weighted by Crippen LogP contribution is 2.19. The number of likely N-dealkylation sites (tertiary alicyclic amines) is 1. The number of nitrogens with zero attached hydrogens (tertiary/aromatic N) is 3. The minimum Gasteiger partial charge on any atom is -0.384 e. The molecule has 2 heterocycles. The summed E-state index contributed by atoms with van der Waals surface area (Å²) in [4.78, 5) is 11.0. The fourth-order valence-electron chi connectivity index (χ4n) is 2.48. The molecule has 1 fully saturated rings. The number of ether oxygens (including phenoxy) is 1. The Morgan fingerprint density at radius 2 is 2.30 bits per heavy atom. The third-order valence-electron chi connectivity index (χ3n) is 3.79. The lowest BCUT2D eigenvalue weighted by atomic mass is 9.99. The van der Waals surface area contributed by atoms with Crippen molar-refractivity contribution in [3.05, 3.63) is 11.9 Å². The molecule has 2 rings (SSSR count). The van der Waals surface area contributed by atoms with Gasteiger partial charge < -0.3 is 20.7 Å². The van der Waals surface area contributed by atoms with Crippen LogP contribution in [0.2, 0.25) is 0 Å². The number of nitrogens with two attached hydrogens (primary N) is 1. The Kier molecular flexibility index (Phi) is 5.14. The quantitative estimate of drug-likeness (QED) is 0.850. The monoisotopic (exact) mass is 279 g/mol. The van der Waals surface area contributed by atoms with Crippen LogP contribution in [0.1, 0.15) is 32.5 Å². The molecule has 1 saturated heterocycles. The normalized spacial score (nSPS) is 23.8. The molecule has 112 valence electrons. The minimum atomic E-state index is 0.403. The summed E-state index contributed by atoms with van der Waals surface area (Å²) >= 11 is 0. The molecular weight excluding hydrogens is 254 g/mol. The molecule has 0 radical (unpaired) electrons. The maximum Gasteiger partial charge on any atom is 0.158 e. The van der Waals surface area contributed by atoms with E-state index in [0.717, 1.165) is 25.2 Å². The first kappa shape index (κ1) is 15.0. The maximum absolute atomic E-state index is 5.83. The van der Waals surface area contributed by atoms with Crippen molar-refractivity contribution in [3.63, 3.8) is 0 Å². The van der Waals surface area contributed by atoms with Gasteiger partial charge in [-0.05, 0) is 33.7 Å². The smallest absolute Gasteiger partial charge is 0.158 e. The van der Waals surface area contributed by atoms with Gasteiger partial charge in [0.2, 0.25) is 0 Å². The number of piperidine rings is 1. The van der Waals surface area contributed by atoms with Crippen LogP contribution in [0.25, 0.3) is 0 Å². The van der Waals surface area contributed by atoms with Gasteiger partial charge in [-0.25, -0.2) is 9.97 Å². The predicted octanol–water partition coefficient (Wildman–Crippen LogP) is 1.49. The van der Waals surface area contributed by atoms with Crippen LogP contribution in [0, 0.1) is 0 Å². The molecule has 0 amide bonds. The van der Waals surface area contributed by atoms with E-state index >= 15 is 0 Å². The number of aromatic nitrogens is 2. The molecule has 0 aromatic carbocycles. The van der Waals surface area contributed by atoms with Gasteiger partial charge in [0.15, 0.2) is 5.82 Å². The van der Waals surface area contributed by atoms with Crippen molar-refractivity contribution in [1.82, 2.24) is 14.9 Å². The fraction of sp³-hybridized carbons (Fsp3) is 0.714. The molecule has 1 aromatic rings. The van der Waals surface area contributed by atoms with Crippen molar-refractivity contribution >= 4 is 11.6 Å². The molecular formula is C14H25N5O. The maximum atomic E-state index is 5.83. The van der Waals surface area contributed by atoms with Crippen LogP contribution in [-0.4, -0.2) is 47.2 Å². The SMILES string of the molecule is CCOCc1nc(N)cc(NC2CCN(C)C(C)C2)n1. The summed E-state index contributed by atoms with van der Waals surface area (Å²) in [6, 6.07) is 2.82. The lowest BCUT2D eigenvalue weighted by Crippen LogP contribution is -2.42. The van der Waals surface area contributed by atoms with Crippen LogP contribution < -0.4 is 11.1 Å². The van der Waals surface area contributed by atoms with Crippen LogP contribution >= 0.6 is 0 Å². The summed E-state index contributed by atoms with van der Waals surface area (Å²) in [5.41, 5.74) is 5.83. The third kappa shape index (κ3) is 4.05. The van der Waals surface area contributed by atoms with Crippen molar-refractivity contribution < 1.29 is 4.74 Å². The molecule has 1 aromatic heterocycles. The van der Waals surface area contributed by atoms with Crippen LogP contribution in [0.4, 0.5) is 11.6 Å². The molecule has 1 aliphatic heterocycles. The first-order valence-electron chi connectivity index (χ1n) is 7.26. The van der Waals surface area contributed by atoms with Crippen molar-refractivity contribution in [3.8, 4) is 0 Å². The third-order valence-corrected chi connectivity index (χ3v) is 3.79. The zero-order chi connectivity index (χ0) is 14.5. The molecule has 0 saturated carbocycles. The number of hydrogen-bond donors (Lipinski definition) is 2. The van der Waals surface area contributed by atoms with E-state index in [0.29, 0.717) is 36.9 Å². The Bertz CT molecular complexity index is 440. The van der Waals surface area contributed by atoms with E-state index in [1.807, 2.05) is 6.92 Å².